The van der Waals surface area contributed by atoms with Crippen molar-refractivity contribution in [2.75, 3.05) is 42.5 Å². The minimum atomic E-state index is 0.248. The number of hydrogen-bond acceptors (Lipinski definition) is 3. The maximum absolute atomic E-state index is 12.8. The summed E-state index contributed by atoms with van der Waals surface area (Å²) in [5.41, 5.74) is 2.26. The Kier molecular flexibility index (Phi) is 4.67. The molecule has 120 valence electrons. The zero-order valence-electron chi connectivity index (χ0n) is 13.8. The summed E-state index contributed by atoms with van der Waals surface area (Å²) in [6, 6.07) is 8.77. The van der Waals surface area contributed by atoms with Crippen molar-refractivity contribution in [1.29, 1.82) is 0 Å². The first-order chi connectivity index (χ1) is 10.7. The highest BCUT2D eigenvalue weighted by molar-refractivity contribution is 5.99. The van der Waals surface area contributed by atoms with Crippen molar-refractivity contribution >= 4 is 17.3 Å². The highest BCUT2D eigenvalue weighted by Crippen LogP contribution is 2.34. The lowest BCUT2D eigenvalue weighted by atomic mass is 10.1. The maximum Gasteiger partial charge on any atom is 0.241 e. The predicted molar refractivity (Wildman–Crippen MR) is 91.6 cm³/mol. The lowest BCUT2D eigenvalue weighted by Crippen LogP contribution is -2.49. The summed E-state index contributed by atoms with van der Waals surface area (Å²) < 4.78 is 0. The van der Waals surface area contributed by atoms with E-state index in [-0.39, 0.29) is 5.91 Å². The van der Waals surface area contributed by atoms with E-state index in [2.05, 4.69) is 41.8 Å². The lowest BCUT2D eigenvalue weighted by Gasteiger charge is -2.40. The molecule has 0 spiro atoms. The molecule has 4 heteroatoms. The summed E-state index contributed by atoms with van der Waals surface area (Å²) in [5, 5.41) is 0. The van der Waals surface area contributed by atoms with Gasteiger partial charge in [0.15, 0.2) is 0 Å². The summed E-state index contributed by atoms with van der Waals surface area (Å²) in [6.45, 7) is 8.83. The van der Waals surface area contributed by atoms with E-state index in [0.717, 1.165) is 31.9 Å². The average Bonchev–Trinajstić information content (AvgIpc) is 2.54. The van der Waals surface area contributed by atoms with Crippen molar-refractivity contribution in [2.24, 2.45) is 0 Å². The van der Waals surface area contributed by atoms with Gasteiger partial charge in [-0.05, 0) is 51.9 Å². The molecule has 0 radical (unpaired) electrons. The number of rotatable bonds is 3. The van der Waals surface area contributed by atoms with Crippen LogP contribution in [0.3, 0.4) is 0 Å². The van der Waals surface area contributed by atoms with Gasteiger partial charge in [0, 0.05) is 19.1 Å². The Bertz CT molecular complexity index is 523. The quantitative estimate of drug-likeness (QED) is 0.859. The van der Waals surface area contributed by atoms with E-state index in [9.17, 15) is 4.79 Å². The minimum Gasteiger partial charge on any atom is -0.366 e. The van der Waals surface area contributed by atoms with E-state index in [4.69, 9.17) is 0 Å². The number of fused-ring (bicyclic) bond motifs is 1. The normalized spacial score (nSPS) is 19.4. The first kappa shape index (κ1) is 15.3. The number of nitrogens with zero attached hydrogens (tertiary/aromatic N) is 3. The van der Waals surface area contributed by atoms with Gasteiger partial charge in [-0.1, -0.05) is 18.6 Å². The fourth-order valence-electron chi connectivity index (χ4n) is 3.57. The van der Waals surface area contributed by atoms with Crippen LogP contribution in [0.4, 0.5) is 11.4 Å². The van der Waals surface area contributed by atoms with Gasteiger partial charge in [-0.2, -0.15) is 0 Å². The van der Waals surface area contributed by atoms with Crippen molar-refractivity contribution in [3.8, 4) is 0 Å². The summed E-state index contributed by atoms with van der Waals surface area (Å²) in [6.07, 6.45) is 3.76. The number of benzene rings is 1. The van der Waals surface area contributed by atoms with E-state index in [1.165, 1.54) is 24.9 Å². The molecule has 22 heavy (non-hydrogen) atoms. The Labute approximate surface area is 133 Å². The van der Waals surface area contributed by atoms with Crippen LogP contribution in [0.15, 0.2) is 24.3 Å². The predicted octanol–water partition coefficient (Wildman–Crippen LogP) is 2.73. The van der Waals surface area contributed by atoms with Gasteiger partial charge in [-0.15, -0.1) is 0 Å². The van der Waals surface area contributed by atoms with Gasteiger partial charge in [-0.3, -0.25) is 9.69 Å². The fraction of sp³-hybridized carbons (Fsp3) is 0.611. The third-order valence-corrected chi connectivity index (χ3v) is 4.78. The second kappa shape index (κ2) is 6.69. The first-order valence-electron chi connectivity index (χ1n) is 8.55. The van der Waals surface area contributed by atoms with Crippen LogP contribution in [0.1, 0.15) is 33.1 Å². The smallest absolute Gasteiger partial charge is 0.241 e. The highest BCUT2D eigenvalue weighted by atomic mass is 16.2. The summed E-state index contributed by atoms with van der Waals surface area (Å²) in [4.78, 5) is 19.5. The van der Waals surface area contributed by atoms with Gasteiger partial charge in [0.2, 0.25) is 5.91 Å². The van der Waals surface area contributed by atoms with Crippen LogP contribution < -0.4 is 9.80 Å². The largest absolute Gasteiger partial charge is 0.366 e. The van der Waals surface area contributed by atoms with Crippen LogP contribution in [0.25, 0.3) is 0 Å². The molecule has 1 fully saturated rings. The molecular weight excluding hydrogens is 274 g/mol. The molecule has 0 N–H and O–H groups in total. The van der Waals surface area contributed by atoms with Crippen molar-refractivity contribution in [1.82, 2.24) is 4.90 Å². The van der Waals surface area contributed by atoms with Crippen molar-refractivity contribution < 1.29 is 4.79 Å². The number of likely N-dealkylation sites (tertiary alicyclic amines) is 1. The van der Waals surface area contributed by atoms with Gasteiger partial charge in [0.25, 0.3) is 0 Å². The molecule has 1 amide bonds. The van der Waals surface area contributed by atoms with Gasteiger partial charge in [0.05, 0.1) is 17.9 Å². The third kappa shape index (κ3) is 3.12. The van der Waals surface area contributed by atoms with Crippen molar-refractivity contribution in [2.45, 2.75) is 39.2 Å². The Hall–Kier alpha value is -1.55. The van der Waals surface area contributed by atoms with Gasteiger partial charge in [0.1, 0.15) is 0 Å². The molecule has 2 heterocycles. The molecule has 2 aliphatic heterocycles. The molecule has 2 aliphatic rings. The molecule has 0 aliphatic carbocycles. The van der Waals surface area contributed by atoms with Crippen LogP contribution in [0.5, 0.6) is 0 Å². The van der Waals surface area contributed by atoms with E-state index in [1.54, 1.807) is 0 Å². The second-order valence-corrected chi connectivity index (χ2v) is 6.66. The molecule has 1 aromatic rings. The fourth-order valence-corrected chi connectivity index (χ4v) is 3.57. The number of para-hydroxylation sites is 2. The summed E-state index contributed by atoms with van der Waals surface area (Å²) in [7, 11) is 0. The summed E-state index contributed by atoms with van der Waals surface area (Å²) >= 11 is 0. The van der Waals surface area contributed by atoms with E-state index >= 15 is 0 Å². The minimum absolute atomic E-state index is 0.248. The Morgan fingerprint density at radius 3 is 2.36 bits per heavy atom. The molecule has 0 atom stereocenters. The number of piperidine rings is 1. The van der Waals surface area contributed by atoms with E-state index in [1.807, 2.05) is 11.0 Å². The highest BCUT2D eigenvalue weighted by Gasteiger charge is 2.28. The SMILES string of the molecule is CC(C)N1CCN(C(=O)CN2CCCCC2)c2ccccc21. The molecule has 0 saturated carbocycles. The van der Waals surface area contributed by atoms with Crippen LogP contribution in [0.2, 0.25) is 0 Å². The topological polar surface area (TPSA) is 26.8 Å². The van der Waals surface area contributed by atoms with Gasteiger partial charge in [-0.25, -0.2) is 0 Å². The number of carbonyl (C=O) groups excluding carboxylic acids is 1. The molecule has 1 aromatic carbocycles. The van der Waals surface area contributed by atoms with Crippen LogP contribution in [-0.4, -0.2) is 49.6 Å². The third-order valence-electron chi connectivity index (χ3n) is 4.78. The molecule has 0 aromatic heterocycles. The number of carbonyl (C=O) groups is 1. The molecule has 3 rings (SSSR count). The molecule has 0 bridgehead atoms. The van der Waals surface area contributed by atoms with Crippen LogP contribution in [-0.2, 0) is 4.79 Å². The maximum atomic E-state index is 12.8. The van der Waals surface area contributed by atoms with Crippen LogP contribution in [0, 0.1) is 0 Å². The standard InChI is InChI=1S/C18H27N3O/c1-15(2)20-12-13-21(17-9-5-4-8-16(17)20)18(22)14-19-10-6-3-7-11-19/h4-5,8-9,15H,3,6-7,10-14H2,1-2H3. The van der Waals surface area contributed by atoms with Crippen molar-refractivity contribution in [3.05, 3.63) is 24.3 Å². The molecule has 1 saturated heterocycles. The Morgan fingerprint density at radius 2 is 1.68 bits per heavy atom. The Balaban J connectivity index is 1.76. The molecule has 4 nitrogen and oxygen atoms in total. The van der Waals surface area contributed by atoms with Crippen LogP contribution >= 0.6 is 0 Å². The Morgan fingerprint density at radius 1 is 1.00 bits per heavy atom. The van der Waals surface area contributed by atoms with E-state index < -0.39 is 0 Å². The zero-order chi connectivity index (χ0) is 15.5. The number of anilines is 2. The van der Waals surface area contributed by atoms with E-state index in [0.29, 0.717) is 12.6 Å². The molecular formula is C18H27N3O. The first-order valence-corrected chi connectivity index (χ1v) is 8.55. The number of hydrogen-bond donors (Lipinski definition) is 0. The number of amides is 1. The second-order valence-electron chi connectivity index (χ2n) is 6.66. The monoisotopic (exact) mass is 301 g/mol. The summed E-state index contributed by atoms with van der Waals surface area (Å²) in [5.74, 6) is 0.248. The van der Waals surface area contributed by atoms with Gasteiger partial charge < -0.3 is 9.80 Å². The lowest BCUT2D eigenvalue weighted by molar-refractivity contribution is -0.120. The zero-order valence-corrected chi connectivity index (χ0v) is 13.8. The molecule has 0 unspecified atom stereocenters. The van der Waals surface area contributed by atoms with Crippen molar-refractivity contribution in [3.63, 3.8) is 0 Å². The van der Waals surface area contributed by atoms with Gasteiger partial charge >= 0.3 is 0 Å². The average molecular weight is 301 g/mol.